The minimum Gasteiger partial charge on any atom is -0.493 e. The Morgan fingerprint density at radius 2 is 1.84 bits per heavy atom. The maximum absolute atomic E-state index is 9.47. The molecular weight excluding hydrogens is 342 g/mol. The highest BCUT2D eigenvalue weighted by Crippen LogP contribution is 2.40. The van der Waals surface area contributed by atoms with Gasteiger partial charge < -0.3 is 19.4 Å². The maximum atomic E-state index is 9.47. The van der Waals surface area contributed by atoms with Crippen molar-refractivity contribution in [2.24, 2.45) is 5.16 Å². The van der Waals surface area contributed by atoms with Gasteiger partial charge in [0.15, 0.2) is 16.7 Å². The number of aryl methyl sites for hydroxylation is 2. The molecule has 1 heterocycles. The minimum atomic E-state index is 0.366. The van der Waals surface area contributed by atoms with Gasteiger partial charge in [-0.1, -0.05) is 16.9 Å². The van der Waals surface area contributed by atoms with E-state index in [2.05, 4.69) is 15.1 Å². The molecule has 134 valence electrons. The number of ether oxygens (including phenoxy) is 3. The Labute approximate surface area is 151 Å². The molecular formula is C17H21N3O4S. The molecule has 25 heavy (non-hydrogen) atoms. The molecule has 0 amide bonds. The number of aromatic nitrogens is 2. The van der Waals surface area contributed by atoms with Gasteiger partial charge in [0.05, 0.1) is 21.3 Å². The van der Waals surface area contributed by atoms with Crippen molar-refractivity contribution in [1.29, 1.82) is 0 Å². The molecule has 0 aliphatic rings. The fourth-order valence-corrected chi connectivity index (χ4v) is 3.01. The van der Waals surface area contributed by atoms with E-state index in [1.54, 1.807) is 25.4 Å². The van der Waals surface area contributed by atoms with Gasteiger partial charge in [-0.3, -0.25) is 0 Å². The molecule has 8 heteroatoms. The van der Waals surface area contributed by atoms with Crippen molar-refractivity contribution in [2.45, 2.75) is 19.0 Å². The van der Waals surface area contributed by atoms with Crippen molar-refractivity contribution >= 4 is 17.5 Å². The summed E-state index contributed by atoms with van der Waals surface area (Å²) < 4.78 is 16.1. The molecule has 0 saturated carbocycles. The lowest BCUT2D eigenvalue weighted by atomic mass is 10.1. The molecule has 0 spiro atoms. The van der Waals surface area contributed by atoms with Crippen LogP contribution in [-0.2, 0) is 0 Å². The van der Waals surface area contributed by atoms with Crippen LogP contribution in [0.4, 0.5) is 0 Å². The molecule has 0 radical (unpaired) electrons. The van der Waals surface area contributed by atoms with Crippen molar-refractivity contribution in [3.05, 3.63) is 35.2 Å². The smallest absolute Gasteiger partial charge is 0.203 e. The summed E-state index contributed by atoms with van der Waals surface area (Å²) in [6.45, 7) is 3.89. The maximum Gasteiger partial charge on any atom is 0.203 e. The van der Waals surface area contributed by atoms with Gasteiger partial charge in [0.2, 0.25) is 5.75 Å². The summed E-state index contributed by atoms with van der Waals surface area (Å²) in [4.78, 5) is 8.70. The molecule has 1 aromatic heterocycles. The summed E-state index contributed by atoms with van der Waals surface area (Å²) in [5.74, 6) is 1.78. The third-order valence-corrected chi connectivity index (χ3v) is 4.55. The lowest BCUT2D eigenvalue weighted by molar-refractivity contribution is 0.316. The van der Waals surface area contributed by atoms with Crippen LogP contribution in [0.3, 0.4) is 0 Å². The van der Waals surface area contributed by atoms with Crippen LogP contribution in [0.25, 0.3) is 0 Å². The summed E-state index contributed by atoms with van der Waals surface area (Å²) in [7, 11) is 4.60. The monoisotopic (exact) mass is 363 g/mol. The molecule has 2 rings (SSSR count). The van der Waals surface area contributed by atoms with Gasteiger partial charge in [0.25, 0.3) is 0 Å². The first kappa shape index (κ1) is 18.9. The van der Waals surface area contributed by atoms with E-state index in [0.717, 1.165) is 11.3 Å². The predicted molar refractivity (Wildman–Crippen MR) is 96.7 cm³/mol. The van der Waals surface area contributed by atoms with Gasteiger partial charge in [-0.05, 0) is 31.5 Å². The van der Waals surface area contributed by atoms with Crippen LogP contribution in [0.15, 0.2) is 28.6 Å². The van der Waals surface area contributed by atoms with Crippen molar-refractivity contribution in [3.8, 4) is 17.2 Å². The zero-order valence-corrected chi connectivity index (χ0v) is 15.7. The second kappa shape index (κ2) is 8.57. The Bertz CT molecular complexity index is 781. The number of benzene rings is 1. The first-order chi connectivity index (χ1) is 12.0. The summed E-state index contributed by atoms with van der Waals surface area (Å²) >= 11 is 1.37. The molecule has 0 fully saturated rings. The number of methoxy groups -OCH3 is 3. The zero-order chi connectivity index (χ0) is 18.4. The van der Waals surface area contributed by atoms with Crippen LogP contribution in [0, 0.1) is 13.8 Å². The van der Waals surface area contributed by atoms with E-state index < -0.39 is 0 Å². The van der Waals surface area contributed by atoms with Gasteiger partial charge >= 0.3 is 0 Å². The number of hydrogen-bond donors (Lipinski definition) is 1. The van der Waals surface area contributed by atoms with Crippen molar-refractivity contribution in [3.63, 3.8) is 0 Å². The highest BCUT2D eigenvalue weighted by molar-refractivity contribution is 7.99. The SMILES string of the molecule is COc1ccc(/C(CSc2ncc(C)c(C)n2)=N/O)c(OC)c1OC. The van der Waals surface area contributed by atoms with E-state index >= 15 is 0 Å². The number of oxime groups is 1. The van der Waals surface area contributed by atoms with Crippen LogP contribution in [0.5, 0.6) is 17.2 Å². The first-order valence-electron chi connectivity index (χ1n) is 7.49. The second-order valence-corrected chi connectivity index (χ2v) is 6.08. The quantitative estimate of drug-likeness (QED) is 0.266. The Kier molecular flexibility index (Phi) is 6.46. The molecule has 1 N–H and O–H groups in total. The molecule has 0 unspecified atom stereocenters. The first-order valence-corrected chi connectivity index (χ1v) is 8.47. The van der Waals surface area contributed by atoms with Crippen LogP contribution >= 0.6 is 11.8 Å². The zero-order valence-electron chi connectivity index (χ0n) is 14.9. The molecule has 0 saturated heterocycles. The third kappa shape index (κ3) is 4.14. The van der Waals surface area contributed by atoms with Crippen LogP contribution in [0.2, 0.25) is 0 Å². The Balaban J connectivity index is 2.30. The molecule has 2 aromatic rings. The van der Waals surface area contributed by atoms with Crippen LogP contribution in [0.1, 0.15) is 16.8 Å². The van der Waals surface area contributed by atoms with E-state index in [4.69, 9.17) is 14.2 Å². The summed E-state index contributed by atoms with van der Waals surface area (Å²) in [6, 6.07) is 3.50. The number of thioether (sulfide) groups is 1. The Hall–Kier alpha value is -2.48. The summed E-state index contributed by atoms with van der Waals surface area (Å²) in [6.07, 6.45) is 1.78. The number of rotatable bonds is 7. The largest absolute Gasteiger partial charge is 0.493 e. The van der Waals surface area contributed by atoms with Crippen molar-refractivity contribution < 1.29 is 19.4 Å². The van der Waals surface area contributed by atoms with Gasteiger partial charge in [-0.25, -0.2) is 9.97 Å². The predicted octanol–water partition coefficient (Wildman–Crippen LogP) is 3.09. The molecule has 1 aromatic carbocycles. The average molecular weight is 363 g/mol. The summed E-state index contributed by atoms with van der Waals surface area (Å²) in [5.41, 5.74) is 2.98. The molecule has 0 bridgehead atoms. The Morgan fingerprint density at radius 1 is 1.12 bits per heavy atom. The van der Waals surface area contributed by atoms with Crippen molar-refractivity contribution in [2.75, 3.05) is 27.1 Å². The standard InChI is InChI=1S/C17H21N3O4S/c1-10-8-18-17(19-11(10)2)25-9-13(20-21)12-6-7-14(22-3)16(24-5)15(12)23-4/h6-8,21H,9H2,1-5H3/b20-13+. The topological polar surface area (TPSA) is 86.1 Å². The lowest BCUT2D eigenvalue weighted by Crippen LogP contribution is -2.09. The highest BCUT2D eigenvalue weighted by atomic mass is 32.2. The Morgan fingerprint density at radius 3 is 2.40 bits per heavy atom. The second-order valence-electron chi connectivity index (χ2n) is 5.14. The molecule has 7 nitrogen and oxygen atoms in total. The van der Waals surface area contributed by atoms with E-state index in [9.17, 15) is 5.21 Å². The summed E-state index contributed by atoms with van der Waals surface area (Å²) in [5, 5.41) is 13.5. The van der Waals surface area contributed by atoms with E-state index in [-0.39, 0.29) is 0 Å². The lowest BCUT2D eigenvalue weighted by Gasteiger charge is -2.16. The molecule has 0 atom stereocenters. The van der Waals surface area contributed by atoms with Crippen LogP contribution in [-0.4, -0.2) is 48.0 Å². The highest BCUT2D eigenvalue weighted by Gasteiger charge is 2.20. The fourth-order valence-electron chi connectivity index (χ4n) is 2.20. The number of nitrogens with zero attached hydrogens (tertiary/aromatic N) is 3. The number of hydrogen-bond acceptors (Lipinski definition) is 8. The van der Waals surface area contributed by atoms with Gasteiger partial charge in [0, 0.05) is 23.2 Å². The minimum absolute atomic E-state index is 0.366. The third-order valence-electron chi connectivity index (χ3n) is 3.68. The van der Waals surface area contributed by atoms with E-state index in [1.807, 2.05) is 13.8 Å². The van der Waals surface area contributed by atoms with Crippen LogP contribution < -0.4 is 14.2 Å². The van der Waals surface area contributed by atoms with E-state index in [1.165, 1.54) is 26.0 Å². The van der Waals surface area contributed by atoms with Crippen molar-refractivity contribution in [1.82, 2.24) is 9.97 Å². The van der Waals surface area contributed by atoms with Gasteiger partial charge in [-0.15, -0.1) is 0 Å². The van der Waals surface area contributed by atoms with E-state index in [0.29, 0.717) is 39.4 Å². The average Bonchev–Trinajstić information content (AvgIpc) is 2.64. The molecule has 0 aliphatic carbocycles. The van der Waals surface area contributed by atoms with Gasteiger partial charge in [0.1, 0.15) is 5.71 Å². The normalized spacial score (nSPS) is 11.3. The fraction of sp³-hybridized carbons (Fsp3) is 0.353. The molecule has 0 aliphatic heterocycles. The van der Waals surface area contributed by atoms with Gasteiger partial charge in [-0.2, -0.15) is 0 Å².